The third kappa shape index (κ3) is 4.69. The number of nitrogens with zero attached hydrogens (tertiary/aromatic N) is 4. The standard InChI is InChI=1S/C24H29N5O3S/c1-24(2,3)21(23(32)28-13-16(30)12-18(28)22(31)25-4)29-14-17(26-27-29)20-11-10-19(33-20)15-8-6-5-7-9-15/h5-11,14,16,18,21,30H,12-13H2,1-4H3,(H,25,31)/t16?,18-,21?/m1/s1. The van der Waals surface area contributed by atoms with Gasteiger partial charge in [-0.2, -0.15) is 0 Å². The van der Waals surface area contributed by atoms with Crippen LogP contribution >= 0.6 is 11.3 Å². The number of rotatable bonds is 5. The average molecular weight is 468 g/mol. The number of carbonyl (C=O) groups excluding carboxylic acids is 2. The van der Waals surface area contributed by atoms with Crippen molar-refractivity contribution in [1.82, 2.24) is 25.2 Å². The number of hydrogen-bond acceptors (Lipinski definition) is 6. The summed E-state index contributed by atoms with van der Waals surface area (Å²) in [6.07, 6.45) is 1.28. The van der Waals surface area contributed by atoms with Gasteiger partial charge in [-0.3, -0.25) is 9.59 Å². The van der Waals surface area contributed by atoms with Crippen molar-refractivity contribution in [2.24, 2.45) is 5.41 Å². The molecule has 3 atom stereocenters. The van der Waals surface area contributed by atoms with E-state index in [1.54, 1.807) is 22.2 Å². The topological polar surface area (TPSA) is 100 Å². The Bertz CT molecular complexity index is 1130. The highest BCUT2D eigenvalue weighted by atomic mass is 32.1. The number of carbonyl (C=O) groups is 2. The van der Waals surface area contributed by atoms with E-state index >= 15 is 0 Å². The number of aliphatic hydroxyl groups is 1. The van der Waals surface area contributed by atoms with E-state index in [2.05, 4.69) is 33.8 Å². The predicted octanol–water partition coefficient (Wildman–Crippen LogP) is 2.97. The highest BCUT2D eigenvalue weighted by Gasteiger charge is 2.45. The summed E-state index contributed by atoms with van der Waals surface area (Å²) < 4.78 is 1.59. The molecule has 1 fully saturated rings. The van der Waals surface area contributed by atoms with E-state index in [9.17, 15) is 14.7 Å². The summed E-state index contributed by atoms with van der Waals surface area (Å²) >= 11 is 1.62. The molecule has 2 N–H and O–H groups in total. The van der Waals surface area contributed by atoms with E-state index in [1.165, 1.54) is 11.9 Å². The molecule has 174 valence electrons. The Kier molecular flexibility index (Phi) is 6.36. The summed E-state index contributed by atoms with van der Waals surface area (Å²) in [6.45, 7) is 5.99. The third-order valence-corrected chi connectivity index (χ3v) is 7.01. The lowest BCUT2D eigenvalue weighted by Crippen LogP contribution is -2.49. The molecule has 1 aliphatic rings. The van der Waals surface area contributed by atoms with Crippen molar-refractivity contribution in [3.63, 3.8) is 0 Å². The van der Waals surface area contributed by atoms with E-state index in [4.69, 9.17) is 0 Å². The molecule has 1 aliphatic heterocycles. The average Bonchev–Trinajstić information content (AvgIpc) is 3.52. The van der Waals surface area contributed by atoms with E-state index in [0.717, 1.165) is 15.3 Å². The zero-order valence-corrected chi connectivity index (χ0v) is 20.0. The molecule has 33 heavy (non-hydrogen) atoms. The molecule has 0 aliphatic carbocycles. The van der Waals surface area contributed by atoms with Crippen LogP contribution in [0.3, 0.4) is 0 Å². The molecule has 3 heterocycles. The van der Waals surface area contributed by atoms with Crippen molar-refractivity contribution in [2.45, 2.75) is 45.4 Å². The van der Waals surface area contributed by atoms with Crippen molar-refractivity contribution in [1.29, 1.82) is 0 Å². The van der Waals surface area contributed by atoms with Gasteiger partial charge in [0.1, 0.15) is 17.8 Å². The molecule has 0 radical (unpaired) electrons. The number of aliphatic hydroxyl groups excluding tert-OH is 1. The number of likely N-dealkylation sites (N-methyl/N-ethyl adjacent to an activating group) is 1. The maximum atomic E-state index is 13.7. The lowest BCUT2D eigenvalue weighted by molar-refractivity contribution is -0.144. The summed E-state index contributed by atoms with van der Waals surface area (Å²) in [5.74, 6) is -0.529. The summed E-state index contributed by atoms with van der Waals surface area (Å²) in [5, 5.41) is 21.4. The van der Waals surface area contributed by atoms with Crippen LogP contribution in [0.25, 0.3) is 21.0 Å². The largest absolute Gasteiger partial charge is 0.391 e. The first-order valence-electron chi connectivity index (χ1n) is 11.0. The molecular formula is C24H29N5O3S. The Balaban J connectivity index is 1.63. The molecule has 4 rings (SSSR count). The Morgan fingerprint density at radius 2 is 1.85 bits per heavy atom. The second kappa shape index (κ2) is 9.07. The zero-order chi connectivity index (χ0) is 23.8. The predicted molar refractivity (Wildman–Crippen MR) is 127 cm³/mol. The first-order chi connectivity index (χ1) is 15.7. The fraction of sp³-hybridized carbons (Fsp3) is 0.417. The van der Waals surface area contributed by atoms with E-state index < -0.39 is 23.6 Å². The molecule has 0 spiro atoms. The fourth-order valence-corrected chi connectivity index (χ4v) is 5.22. The van der Waals surface area contributed by atoms with Crippen LogP contribution in [0, 0.1) is 5.41 Å². The van der Waals surface area contributed by atoms with E-state index in [0.29, 0.717) is 5.69 Å². The van der Waals surface area contributed by atoms with Crippen LogP contribution in [0.4, 0.5) is 0 Å². The van der Waals surface area contributed by atoms with Crippen LogP contribution < -0.4 is 5.32 Å². The van der Waals surface area contributed by atoms with Gasteiger partial charge in [0.05, 0.1) is 17.2 Å². The van der Waals surface area contributed by atoms with Gasteiger partial charge in [-0.05, 0) is 23.1 Å². The van der Waals surface area contributed by atoms with Gasteiger partial charge in [-0.1, -0.05) is 56.3 Å². The van der Waals surface area contributed by atoms with E-state index in [-0.39, 0.29) is 24.8 Å². The highest BCUT2D eigenvalue weighted by Crippen LogP contribution is 2.37. The zero-order valence-electron chi connectivity index (χ0n) is 19.2. The lowest BCUT2D eigenvalue weighted by atomic mass is 9.85. The summed E-state index contributed by atoms with van der Waals surface area (Å²) in [4.78, 5) is 29.6. The molecule has 9 heteroatoms. The number of benzene rings is 1. The van der Waals surface area contributed by atoms with Gasteiger partial charge >= 0.3 is 0 Å². The van der Waals surface area contributed by atoms with E-state index in [1.807, 2.05) is 45.0 Å². The Labute approximate surface area is 197 Å². The Morgan fingerprint density at radius 3 is 2.52 bits per heavy atom. The summed E-state index contributed by atoms with van der Waals surface area (Å²) in [7, 11) is 1.53. The molecule has 1 aromatic carbocycles. The van der Waals surface area contributed by atoms with Crippen LogP contribution in [0.15, 0.2) is 48.7 Å². The Hall–Kier alpha value is -3.04. The van der Waals surface area contributed by atoms with Gasteiger partial charge < -0.3 is 15.3 Å². The van der Waals surface area contributed by atoms with Crippen LogP contribution in [-0.4, -0.2) is 62.6 Å². The molecule has 0 bridgehead atoms. The quantitative estimate of drug-likeness (QED) is 0.601. The smallest absolute Gasteiger partial charge is 0.248 e. The minimum atomic E-state index is -0.731. The molecule has 8 nitrogen and oxygen atoms in total. The van der Waals surface area contributed by atoms with Crippen LogP contribution in [0.2, 0.25) is 0 Å². The van der Waals surface area contributed by atoms with Crippen LogP contribution in [0.5, 0.6) is 0 Å². The van der Waals surface area contributed by atoms with Crippen molar-refractivity contribution in [2.75, 3.05) is 13.6 Å². The first kappa shape index (κ1) is 23.1. The number of β-amino-alcohol motifs (C(OH)–C–C–N with tert-alkyl or cyclic N) is 1. The van der Waals surface area contributed by atoms with Gasteiger partial charge in [0.15, 0.2) is 0 Å². The van der Waals surface area contributed by atoms with Gasteiger partial charge in [-0.15, -0.1) is 16.4 Å². The second-order valence-corrected chi connectivity index (χ2v) is 10.5. The van der Waals surface area contributed by atoms with Crippen molar-refractivity contribution in [3.05, 3.63) is 48.7 Å². The number of amides is 2. The maximum Gasteiger partial charge on any atom is 0.248 e. The Morgan fingerprint density at radius 1 is 1.15 bits per heavy atom. The van der Waals surface area contributed by atoms with Crippen molar-refractivity contribution >= 4 is 23.2 Å². The number of aromatic nitrogens is 3. The maximum absolute atomic E-state index is 13.7. The molecular weight excluding hydrogens is 438 g/mol. The van der Waals surface area contributed by atoms with Crippen LogP contribution in [0.1, 0.15) is 33.2 Å². The number of hydrogen-bond donors (Lipinski definition) is 2. The number of thiophene rings is 1. The first-order valence-corrected chi connectivity index (χ1v) is 11.8. The molecule has 2 aromatic heterocycles. The molecule has 3 aromatic rings. The minimum Gasteiger partial charge on any atom is -0.391 e. The van der Waals surface area contributed by atoms with Gasteiger partial charge in [0, 0.05) is 24.9 Å². The van der Waals surface area contributed by atoms with Gasteiger partial charge in [0.25, 0.3) is 0 Å². The van der Waals surface area contributed by atoms with Gasteiger partial charge in [-0.25, -0.2) is 4.68 Å². The van der Waals surface area contributed by atoms with Crippen molar-refractivity contribution < 1.29 is 14.7 Å². The molecule has 0 saturated carbocycles. The fourth-order valence-electron chi connectivity index (χ4n) is 4.26. The van der Waals surface area contributed by atoms with Gasteiger partial charge in [0.2, 0.25) is 11.8 Å². The number of nitrogens with one attached hydrogen (secondary N) is 1. The second-order valence-electron chi connectivity index (χ2n) is 9.39. The summed E-state index contributed by atoms with van der Waals surface area (Å²) in [5.41, 5.74) is 1.33. The monoisotopic (exact) mass is 467 g/mol. The normalized spacial score (nSPS) is 19.5. The van der Waals surface area contributed by atoms with Crippen LogP contribution in [-0.2, 0) is 9.59 Å². The third-order valence-electron chi connectivity index (χ3n) is 5.86. The number of likely N-dealkylation sites (tertiary alicyclic amines) is 1. The summed E-state index contributed by atoms with van der Waals surface area (Å²) in [6, 6.07) is 12.8. The minimum absolute atomic E-state index is 0.121. The lowest BCUT2D eigenvalue weighted by Gasteiger charge is -2.34. The SMILES string of the molecule is CNC(=O)[C@H]1CC(O)CN1C(=O)C(n1cc(-c2ccc(-c3ccccc3)s2)nn1)C(C)(C)C. The highest BCUT2D eigenvalue weighted by molar-refractivity contribution is 7.18. The molecule has 1 saturated heterocycles. The molecule has 2 unspecified atom stereocenters. The molecule has 2 amide bonds. The van der Waals surface area contributed by atoms with Crippen molar-refractivity contribution in [3.8, 4) is 21.0 Å².